The van der Waals surface area contributed by atoms with Crippen molar-refractivity contribution in [2.45, 2.75) is 38.3 Å². The molecule has 5 aromatic rings. The molecule has 0 bridgehead atoms. The molecule has 180 valence electrons. The Hall–Kier alpha value is -4.36. The highest BCUT2D eigenvalue weighted by Crippen LogP contribution is 2.38. The molecule has 0 N–H and O–H groups in total. The van der Waals surface area contributed by atoms with E-state index in [1.807, 2.05) is 6.07 Å². The standard InChI is InChI=1S/C26H23N7O3/c1-3-19-10-18(6-8-35-19)33-24-23-20(9-16(11-27)21(30-23)17-13-29-32(2)14-17)36-25(24)22(31-26(33)34)15-5-4-7-28-12-15/h4-5,7,9,12-14,18-19H,3,6,8,10H2,1-2H3. The lowest BCUT2D eigenvalue weighted by atomic mass is 10.0. The summed E-state index contributed by atoms with van der Waals surface area (Å²) in [7, 11) is 1.81. The largest absolute Gasteiger partial charge is 0.450 e. The van der Waals surface area contributed by atoms with Gasteiger partial charge >= 0.3 is 5.69 Å². The number of hydrogen-bond donors (Lipinski definition) is 0. The van der Waals surface area contributed by atoms with E-state index in [0.29, 0.717) is 69.7 Å². The van der Waals surface area contributed by atoms with Gasteiger partial charge in [0.25, 0.3) is 0 Å². The van der Waals surface area contributed by atoms with Crippen molar-refractivity contribution >= 4 is 22.2 Å². The highest BCUT2D eigenvalue weighted by Gasteiger charge is 2.29. The molecule has 0 spiro atoms. The van der Waals surface area contributed by atoms with Crippen LogP contribution in [-0.4, -0.2) is 42.0 Å². The van der Waals surface area contributed by atoms with E-state index in [1.54, 1.807) is 53.2 Å². The first-order valence-corrected chi connectivity index (χ1v) is 11.9. The molecule has 6 heterocycles. The van der Waals surface area contributed by atoms with E-state index in [1.165, 1.54) is 0 Å². The molecule has 0 aromatic carbocycles. The number of aromatic nitrogens is 6. The Labute approximate surface area is 205 Å². The van der Waals surface area contributed by atoms with Gasteiger partial charge in [0.2, 0.25) is 0 Å². The fraction of sp³-hybridized carbons (Fsp3) is 0.308. The summed E-state index contributed by atoms with van der Waals surface area (Å²) in [5.74, 6) is 0. The van der Waals surface area contributed by atoms with Crippen molar-refractivity contribution in [3.05, 3.63) is 59.0 Å². The zero-order valence-corrected chi connectivity index (χ0v) is 19.9. The van der Waals surface area contributed by atoms with E-state index in [0.717, 1.165) is 6.42 Å². The summed E-state index contributed by atoms with van der Waals surface area (Å²) in [6.07, 6.45) is 9.07. The maximum atomic E-state index is 13.6. The van der Waals surface area contributed by atoms with Gasteiger partial charge in [-0.25, -0.2) is 9.78 Å². The second-order valence-corrected chi connectivity index (χ2v) is 8.96. The third-order valence-electron chi connectivity index (χ3n) is 6.70. The Morgan fingerprint density at radius 2 is 2.11 bits per heavy atom. The molecule has 0 saturated carbocycles. The van der Waals surface area contributed by atoms with Gasteiger partial charge in [-0.3, -0.25) is 14.2 Å². The lowest BCUT2D eigenvalue weighted by Crippen LogP contribution is -2.34. The Kier molecular flexibility index (Phi) is 5.34. The average molecular weight is 482 g/mol. The molecule has 0 radical (unpaired) electrons. The Morgan fingerprint density at radius 1 is 1.22 bits per heavy atom. The maximum Gasteiger partial charge on any atom is 0.349 e. The van der Waals surface area contributed by atoms with Gasteiger partial charge in [-0.05, 0) is 31.4 Å². The van der Waals surface area contributed by atoms with Crippen LogP contribution in [-0.2, 0) is 11.8 Å². The minimum Gasteiger partial charge on any atom is -0.450 e. The van der Waals surface area contributed by atoms with Crippen molar-refractivity contribution in [2.75, 3.05) is 6.61 Å². The summed E-state index contributed by atoms with van der Waals surface area (Å²) < 4.78 is 15.5. The quantitative estimate of drug-likeness (QED) is 0.377. The maximum absolute atomic E-state index is 13.6. The molecule has 36 heavy (non-hydrogen) atoms. The lowest BCUT2D eigenvalue weighted by molar-refractivity contribution is -0.00710. The predicted octanol–water partition coefficient (Wildman–Crippen LogP) is 4.00. The van der Waals surface area contributed by atoms with Crippen LogP contribution in [0.25, 0.3) is 44.7 Å². The first-order chi connectivity index (χ1) is 17.6. The number of nitrogens with zero attached hydrogens (tertiary/aromatic N) is 7. The summed E-state index contributed by atoms with van der Waals surface area (Å²) in [6.45, 7) is 2.64. The van der Waals surface area contributed by atoms with E-state index in [2.05, 4.69) is 28.1 Å². The number of ether oxygens (including phenoxy) is 1. The molecule has 5 aromatic heterocycles. The molecular formula is C26H23N7O3. The summed E-state index contributed by atoms with van der Waals surface area (Å²) in [5.41, 5.74) is 4.17. The fourth-order valence-electron chi connectivity index (χ4n) is 4.95. The van der Waals surface area contributed by atoms with E-state index < -0.39 is 0 Å². The number of nitriles is 1. The van der Waals surface area contributed by atoms with Crippen LogP contribution < -0.4 is 5.69 Å². The predicted molar refractivity (Wildman–Crippen MR) is 132 cm³/mol. The number of pyridine rings is 2. The highest BCUT2D eigenvalue weighted by atomic mass is 16.5. The fourth-order valence-corrected chi connectivity index (χ4v) is 4.95. The smallest absolute Gasteiger partial charge is 0.349 e. The minimum atomic E-state index is -0.375. The van der Waals surface area contributed by atoms with Crippen molar-refractivity contribution in [3.63, 3.8) is 0 Å². The van der Waals surface area contributed by atoms with Gasteiger partial charge in [-0.2, -0.15) is 15.3 Å². The molecule has 10 heteroatoms. The topological polar surface area (TPSA) is 125 Å². The van der Waals surface area contributed by atoms with Crippen molar-refractivity contribution in [2.24, 2.45) is 7.05 Å². The van der Waals surface area contributed by atoms with Gasteiger partial charge < -0.3 is 9.15 Å². The summed E-state index contributed by atoms with van der Waals surface area (Å²) in [6, 6.07) is 7.40. The van der Waals surface area contributed by atoms with E-state index in [9.17, 15) is 10.1 Å². The monoisotopic (exact) mass is 481 g/mol. The van der Waals surface area contributed by atoms with Crippen LogP contribution in [0.2, 0.25) is 0 Å². The molecular weight excluding hydrogens is 458 g/mol. The van der Waals surface area contributed by atoms with Crippen LogP contribution in [0.15, 0.2) is 52.2 Å². The molecule has 2 unspecified atom stereocenters. The lowest BCUT2D eigenvalue weighted by Gasteiger charge is -2.30. The van der Waals surface area contributed by atoms with E-state index in [4.69, 9.17) is 14.1 Å². The molecule has 0 amide bonds. The van der Waals surface area contributed by atoms with Gasteiger partial charge in [0, 0.05) is 55.5 Å². The number of fused-ring (bicyclic) bond motifs is 3. The third kappa shape index (κ3) is 3.56. The van der Waals surface area contributed by atoms with Gasteiger partial charge in [-0.15, -0.1) is 0 Å². The Bertz CT molecular complexity index is 1690. The first kappa shape index (κ1) is 22.1. The average Bonchev–Trinajstić information content (AvgIpc) is 3.51. The normalized spacial score (nSPS) is 18.0. The zero-order chi connectivity index (χ0) is 24.8. The van der Waals surface area contributed by atoms with Crippen LogP contribution in [0.5, 0.6) is 0 Å². The molecule has 6 rings (SSSR count). The zero-order valence-electron chi connectivity index (χ0n) is 19.9. The second kappa shape index (κ2) is 8.70. The number of furan rings is 1. The van der Waals surface area contributed by atoms with Crippen molar-refractivity contribution < 1.29 is 9.15 Å². The molecule has 1 aliphatic heterocycles. The van der Waals surface area contributed by atoms with Gasteiger partial charge in [0.05, 0.1) is 23.6 Å². The van der Waals surface area contributed by atoms with Crippen LogP contribution >= 0.6 is 0 Å². The van der Waals surface area contributed by atoms with Crippen LogP contribution in [0.4, 0.5) is 0 Å². The van der Waals surface area contributed by atoms with Crippen molar-refractivity contribution in [1.29, 1.82) is 5.26 Å². The molecule has 10 nitrogen and oxygen atoms in total. The minimum absolute atomic E-state index is 0.0611. The van der Waals surface area contributed by atoms with Crippen molar-refractivity contribution in [3.8, 4) is 28.6 Å². The van der Waals surface area contributed by atoms with Crippen molar-refractivity contribution in [1.82, 2.24) is 29.3 Å². The van der Waals surface area contributed by atoms with Gasteiger partial charge in [0.15, 0.2) is 11.2 Å². The second-order valence-electron chi connectivity index (χ2n) is 8.96. The molecule has 1 aliphatic rings. The van der Waals surface area contributed by atoms with Gasteiger partial charge in [0.1, 0.15) is 22.8 Å². The first-order valence-electron chi connectivity index (χ1n) is 11.9. The van der Waals surface area contributed by atoms with Crippen LogP contribution in [0.1, 0.15) is 37.8 Å². The summed E-state index contributed by atoms with van der Waals surface area (Å²) >= 11 is 0. The molecule has 1 fully saturated rings. The highest BCUT2D eigenvalue weighted by molar-refractivity contribution is 6.05. The summed E-state index contributed by atoms with van der Waals surface area (Å²) in [4.78, 5) is 27.1. The third-order valence-corrected chi connectivity index (χ3v) is 6.70. The summed E-state index contributed by atoms with van der Waals surface area (Å²) in [5, 5.41) is 14.1. The molecule has 2 atom stereocenters. The molecule has 0 aliphatic carbocycles. The van der Waals surface area contributed by atoms with Gasteiger partial charge in [-0.1, -0.05) is 6.92 Å². The Balaban J connectivity index is 1.70. The van der Waals surface area contributed by atoms with Crippen LogP contribution in [0, 0.1) is 11.3 Å². The number of aryl methyl sites for hydroxylation is 1. The molecule has 1 saturated heterocycles. The number of rotatable bonds is 4. The van der Waals surface area contributed by atoms with E-state index in [-0.39, 0.29) is 17.8 Å². The number of hydrogen-bond acceptors (Lipinski definition) is 8. The SMILES string of the molecule is CCC1CC(n2c(=O)nc(-c3cccnc3)c3oc4cc(C#N)c(-c5cnn(C)c5)nc4c32)CCO1. The van der Waals surface area contributed by atoms with E-state index >= 15 is 0 Å². The Morgan fingerprint density at radius 3 is 2.83 bits per heavy atom. The van der Waals surface area contributed by atoms with Crippen LogP contribution in [0.3, 0.4) is 0 Å².